The van der Waals surface area contributed by atoms with Crippen LogP contribution in [0.15, 0.2) is 47.6 Å². The lowest BCUT2D eigenvalue weighted by Crippen LogP contribution is -2.26. The van der Waals surface area contributed by atoms with E-state index in [9.17, 15) is 9.59 Å². The lowest BCUT2D eigenvalue weighted by atomic mass is 10.1. The van der Waals surface area contributed by atoms with E-state index in [4.69, 9.17) is 4.74 Å². The third kappa shape index (κ3) is 6.58. The molecule has 0 atom stereocenters. The standard InChI is InChI=1S/C21H25N3O3/c1-14-8-10-18(11-9-14)27-13-21(26)24-23-16(3)12-20(25)22-19-7-5-6-15(2)17(19)4/h5-11H,12-13H2,1-4H3,(H,22,25)(H,24,26). The average Bonchev–Trinajstić information content (AvgIpc) is 2.63. The van der Waals surface area contributed by atoms with Crippen LogP contribution in [0.5, 0.6) is 5.75 Å². The molecule has 0 spiro atoms. The van der Waals surface area contributed by atoms with Gasteiger partial charge in [-0.05, 0) is 57.0 Å². The molecule has 0 saturated carbocycles. The molecular weight excluding hydrogens is 342 g/mol. The molecule has 6 nitrogen and oxygen atoms in total. The van der Waals surface area contributed by atoms with E-state index in [1.807, 2.05) is 51.1 Å². The van der Waals surface area contributed by atoms with Crippen LogP contribution in [0, 0.1) is 20.8 Å². The number of carbonyl (C=O) groups is 2. The van der Waals surface area contributed by atoms with Gasteiger partial charge in [-0.3, -0.25) is 9.59 Å². The van der Waals surface area contributed by atoms with Gasteiger partial charge in [-0.25, -0.2) is 5.43 Å². The average molecular weight is 367 g/mol. The monoisotopic (exact) mass is 367 g/mol. The number of nitrogens with zero attached hydrogens (tertiary/aromatic N) is 1. The normalized spacial score (nSPS) is 11.0. The first-order valence-corrected chi connectivity index (χ1v) is 8.72. The number of hydrazone groups is 1. The van der Waals surface area contributed by atoms with Gasteiger partial charge in [0.25, 0.3) is 5.91 Å². The van der Waals surface area contributed by atoms with Crippen LogP contribution in [0.25, 0.3) is 0 Å². The molecule has 2 N–H and O–H groups in total. The minimum Gasteiger partial charge on any atom is -0.484 e. The zero-order chi connectivity index (χ0) is 19.8. The van der Waals surface area contributed by atoms with Gasteiger partial charge in [0.15, 0.2) is 6.61 Å². The van der Waals surface area contributed by atoms with Gasteiger partial charge < -0.3 is 10.1 Å². The van der Waals surface area contributed by atoms with E-state index >= 15 is 0 Å². The molecule has 0 radical (unpaired) electrons. The Bertz CT molecular complexity index is 842. The highest BCUT2D eigenvalue weighted by molar-refractivity contribution is 6.06. The van der Waals surface area contributed by atoms with E-state index in [1.165, 1.54) is 0 Å². The zero-order valence-electron chi connectivity index (χ0n) is 16.1. The molecule has 0 bridgehead atoms. The van der Waals surface area contributed by atoms with Crippen LogP contribution in [-0.2, 0) is 9.59 Å². The predicted octanol–water partition coefficient (Wildman–Crippen LogP) is 3.51. The van der Waals surface area contributed by atoms with Crippen molar-refractivity contribution in [2.75, 3.05) is 11.9 Å². The van der Waals surface area contributed by atoms with Crippen molar-refractivity contribution in [2.45, 2.75) is 34.1 Å². The highest BCUT2D eigenvalue weighted by Gasteiger charge is 2.08. The molecule has 142 valence electrons. The second-order valence-electron chi connectivity index (χ2n) is 6.46. The van der Waals surface area contributed by atoms with Gasteiger partial charge in [0.05, 0.1) is 6.42 Å². The summed E-state index contributed by atoms with van der Waals surface area (Å²) in [6.07, 6.45) is 0.0898. The Morgan fingerprint density at radius 1 is 1.00 bits per heavy atom. The first-order valence-electron chi connectivity index (χ1n) is 8.72. The van der Waals surface area contributed by atoms with Gasteiger partial charge in [-0.2, -0.15) is 5.10 Å². The Morgan fingerprint density at radius 3 is 2.41 bits per heavy atom. The number of anilines is 1. The van der Waals surface area contributed by atoms with Gasteiger partial charge in [0, 0.05) is 11.4 Å². The van der Waals surface area contributed by atoms with Crippen LogP contribution in [-0.4, -0.2) is 24.1 Å². The summed E-state index contributed by atoms with van der Waals surface area (Å²) in [5.41, 5.74) is 6.94. The van der Waals surface area contributed by atoms with E-state index in [2.05, 4.69) is 15.8 Å². The molecule has 2 rings (SSSR count). The quantitative estimate of drug-likeness (QED) is 0.580. The number of nitrogens with one attached hydrogen (secondary N) is 2. The second kappa shape index (κ2) is 9.52. The van der Waals surface area contributed by atoms with Gasteiger partial charge in [-0.1, -0.05) is 29.8 Å². The molecule has 2 amide bonds. The highest BCUT2D eigenvalue weighted by Crippen LogP contribution is 2.18. The Hall–Kier alpha value is -3.15. The zero-order valence-corrected chi connectivity index (χ0v) is 16.1. The Kier molecular flexibility index (Phi) is 7.11. The van der Waals surface area contributed by atoms with Crippen molar-refractivity contribution >= 4 is 23.2 Å². The van der Waals surface area contributed by atoms with Crippen molar-refractivity contribution in [3.63, 3.8) is 0 Å². The fourth-order valence-corrected chi connectivity index (χ4v) is 2.33. The van der Waals surface area contributed by atoms with Crippen LogP contribution < -0.4 is 15.5 Å². The molecule has 0 aromatic heterocycles. The lowest BCUT2D eigenvalue weighted by molar-refractivity contribution is -0.123. The Balaban J connectivity index is 1.78. The molecule has 0 unspecified atom stereocenters. The molecule has 0 fully saturated rings. The maximum absolute atomic E-state index is 12.1. The summed E-state index contributed by atoms with van der Waals surface area (Å²) in [4.78, 5) is 23.9. The van der Waals surface area contributed by atoms with Crippen LogP contribution in [0.1, 0.15) is 30.0 Å². The minimum atomic E-state index is -0.384. The number of carbonyl (C=O) groups excluding carboxylic acids is 2. The number of hydrogen-bond donors (Lipinski definition) is 2. The van der Waals surface area contributed by atoms with Gasteiger partial charge >= 0.3 is 0 Å². The summed E-state index contributed by atoms with van der Waals surface area (Å²) in [7, 11) is 0. The number of amides is 2. The number of rotatable bonds is 7. The Morgan fingerprint density at radius 2 is 1.70 bits per heavy atom. The topological polar surface area (TPSA) is 79.8 Å². The lowest BCUT2D eigenvalue weighted by Gasteiger charge is -2.10. The molecule has 0 aliphatic carbocycles. The maximum atomic E-state index is 12.1. The largest absolute Gasteiger partial charge is 0.484 e. The molecule has 6 heteroatoms. The van der Waals surface area contributed by atoms with E-state index in [-0.39, 0.29) is 24.8 Å². The maximum Gasteiger partial charge on any atom is 0.277 e. The van der Waals surface area contributed by atoms with E-state index in [1.54, 1.807) is 19.1 Å². The van der Waals surface area contributed by atoms with Crippen molar-refractivity contribution in [3.05, 3.63) is 59.2 Å². The Labute approximate surface area is 159 Å². The number of aryl methyl sites for hydroxylation is 2. The first kappa shape index (κ1) is 20.2. The number of ether oxygens (including phenoxy) is 1. The second-order valence-corrected chi connectivity index (χ2v) is 6.46. The first-order chi connectivity index (χ1) is 12.8. The number of benzene rings is 2. The molecule has 2 aromatic rings. The van der Waals surface area contributed by atoms with Gasteiger partial charge in [-0.15, -0.1) is 0 Å². The van der Waals surface area contributed by atoms with E-state index in [0.717, 1.165) is 22.4 Å². The van der Waals surface area contributed by atoms with Crippen molar-refractivity contribution in [2.24, 2.45) is 5.10 Å². The number of hydrogen-bond acceptors (Lipinski definition) is 4. The van der Waals surface area contributed by atoms with Crippen LogP contribution in [0.2, 0.25) is 0 Å². The molecular formula is C21H25N3O3. The van der Waals surface area contributed by atoms with Crippen LogP contribution in [0.4, 0.5) is 5.69 Å². The fraction of sp³-hybridized carbons (Fsp3) is 0.286. The third-order valence-corrected chi connectivity index (χ3v) is 4.06. The summed E-state index contributed by atoms with van der Waals surface area (Å²) in [5, 5.41) is 6.81. The summed E-state index contributed by atoms with van der Waals surface area (Å²) in [6, 6.07) is 13.2. The SMILES string of the molecule is CC(CC(=O)Nc1cccc(C)c1C)=NNC(=O)COc1ccc(C)cc1. The van der Waals surface area contributed by atoms with Crippen molar-refractivity contribution in [1.82, 2.24) is 5.43 Å². The summed E-state index contributed by atoms with van der Waals surface area (Å²) >= 11 is 0. The predicted molar refractivity (Wildman–Crippen MR) is 107 cm³/mol. The summed E-state index contributed by atoms with van der Waals surface area (Å²) in [5.74, 6) is 0.0457. The summed E-state index contributed by atoms with van der Waals surface area (Å²) in [6.45, 7) is 7.47. The van der Waals surface area contributed by atoms with Gasteiger partial charge in [0.2, 0.25) is 5.91 Å². The molecule has 2 aromatic carbocycles. The molecule has 0 heterocycles. The van der Waals surface area contributed by atoms with Crippen molar-refractivity contribution < 1.29 is 14.3 Å². The molecule has 0 aliphatic heterocycles. The molecule has 0 aliphatic rings. The highest BCUT2D eigenvalue weighted by atomic mass is 16.5. The fourth-order valence-electron chi connectivity index (χ4n) is 2.33. The molecule has 27 heavy (non-hydrogen) atoms. The van der Waals surface area contributed by atoms with Crippen molar-refractivity contribution in [1.29, 1.82) is 0 Å². The van der Waals surface area contributed by atoms with E-state index in [0.29, 0.717) is 11.5 Å². The van der Waals surface area contributed by atoms with E-state index < -0.39 is 0 Å². The van der Waals surface area contributed by atoms with Crippen LogP contribution in [0.3, 0.4) is 0 Å². The smallest absolute Gasteiger partial charge is 0.277 e. The molecule has 0 saturated heterocycles. The third-order valence-electron chi connectivity index (χ3n) is 4.06. The minimum absolute atomic E-state index is 0.0898. The van der Waals surface area contributed by atoms with Crippen LogP contribution >= 0.6 is 0 Å². The van der Waals surface area contributed by atoms with Crippen molar-refractivity contribution in [3.8, 4) is 5.75 Å². The van der Waals surface area contributed by atoms with Gasteiger partial charge in [0.1, 0.15) is 5.75 Å². The summed E-state index contributed by atoms with van der Waals surface area (Å²) < 4.78 is 5.38.